The summed E-state index contributed by atoms with van der Waals surface area (Å²) in [5.74, 6) is 2.38. The van der Waals surface area contributed by atoms with Gasteiger partial charge >= 0.3 is 0 Å². The first-order valence-electron chi connectivity index (χ1n) is 11.9. The highest BCUT2D eigenvalue weighted by atomic mass is 16.5. The molecule has 7 heteroatoms. The zero-order valence-corrected chi connectivity index (χ0v) is 19.2. The molecule has 1 aromatic carbocycles. The molecule has 2 aliphatic heterocycles. The Hall–Kier alpha value is -2.22. The van der Waals surface area contributed by atoms with Crippen molar-refractivity contribution in [2.45, 2.75) is 51.1 Å². The number of hydrogen-bond donors (Lipinski definition) is 1. The molecule has 2 aromatic rings. The topological polar surface area (TPSA) is 68.7 Å². The van der Waals surface area contributed by atoms with E-state index in [1.807, 2.05) is 18.3 Å². The number of benzene rings is 1. The van der Waals surface area contributed by atoms with Gasteiger partial charge in [-0.25, -0.2) is 9.97 Å². The predicted octanol–water partition coefficient (Wildman–Crippen LogP) is 3.21. The SMILES string of the molecule is COc1ccc(Cc2nccc(CNC3CCOCC3)n2)cc1OCCCN1CCCC1. The zero-order chi connectivity index (χ0) is 22.0. The van der Waals surface area contributed by atoms with Crippen LogP contribution >= 0.6 is 0 Å². The fourth-order valence-electron chi connectivity index (χ4n) is 4.38. The van der Waals surface area contributed by atoms with E-state index in [2.05, 4.69) is 27.3 Å². The van der Waals surface area contributed by atoms with Crippen molar-refractivity contribution in [1.82, 2.24) is 20.2 Å². The predicted molar refractivity (Wildman–Crippen MR) is 124 cm³/mol. The van der Waals surface area contributed by atoms with Gasteiger partial charge < -0.3 is 24.4 Å². The summed E-state index contributed by atoms with van der Waals surface area (Å²) < 4.78 is 17.0. The largest absolute Gasteiger partial charge is 0.493 e. The maximum atomic E-state index is 6.08. The second-order valence-corrected chi connectivity index (χ2v) is 8.64. The summed E-state index contributed by atoms with van der Waals surface area (Å²) in [6.45, 7) is 6.68. The number of hydrogen-bond acceptors (Lipinski definition) is 7. The van der Waals surface area contributed by atoms with Crippen molar-refractivity contribution in [2.75, 3.05) is 46.6 Å². The Morgan fingerprint density at radius 3 is 2.78 bits per heavy atom. The highest BCUT2D eigenvalue weighted by Crippen LogP contribution is 2.29. The van der Waals surface area contributed by atoms with Crippen LogP contribution in [0.1, 0.15) is 49.2 Å². The molecule has 0 bridgehead atoms. The second kappa shape index (κ2) is 12.1. The van der Waals surface area contributed by atoms with Gasteiger partial charge in [0.05, 0.1) is 19.4 Å². The van der Waals surface area contributed by atoms with Gasteiger partial charge in [-0.2, -0.15) is 0 Å². The lowest BCUT2D eigenvalue weighted by atomic mass is 10.1. The van der Waals surface area contributed by atoms with Crippen molar-refractivity contribution in [3.8, 4) is 11.5 Å². The van der Waals surface area contributed by atoms with Gasteiger partial charge in [-0.1, -0.05) is 6.07 Å². The van der Waals surface area contributed by atoms with E-state index in [4.69, 9.17) is 19.2 Å². The van der Waals surface area contributed by atoms with Gasteiger partial charge in [0, 0.05) is 45.0 Å². The monoisotopic (exact) mass is 440 g/mol. The maximum absolute atomic E-state index is 6.08. The Morgan fingerprint density at radius 2 is 1.97 bits per heavy atom. The zero-order valence-electron chi connectivity index (χ0n) is 19.2. The van der Waals surface area contributed by atoms with Crippen LogP contribution in [0, 0.1) is 0 Å². The molecule has 7 nitrogen and oxygen atoms in total. The van der Waals surface area contributed by atoms with Crippen LogP contribution < -0.4 is 14.8 Å². The molecule has 2 saturated heterocycles. The molecule has 0 atom stereocenters. The average Bonchev–Trinajstić information content (AvgIpc) is 3.35. The molecule has 2 aliphatic rings. The van der Waals surface area contributed by atoms with Gasteiger partial charge in [-0.15, -0.1) is 0 Å². The third kappa shape index (κ3) is 6.89. The van der Waals surface area contributed by atoms with Crippen molar-refractivity contribution < 1.29 is 14.2 Å². The van der Waals surface area contributed by atoms with Crippen LogP contribution in [0.4, 0.5) is 0 Å². The quantitative estimate of drug-likeness (QED) is 0.538. The molecule has 0 amide bonds. The van der Waals surface area contributed by atoms with E-state index in [9.17, 15) is 0 Å². The Morgan fingerprint density at radius 1 is 1.12 bits per heavy atom. The number of rotatable bonds is 11. The lowest BCUT2D eigenvalue weighted by molar-refractivity contribution is 0.0775. The van der Waals surface area contributed by atoms with Gasteiger partial charge in [0.15, 0.2) is 11.5 Å². The molecule has 1 aromatic heterocycles. The molecule has 3 heterocycles. The van der Waals surface area contributed by atoms with Gasteiger partial charge in [-0.3, -0.25) is 0 Å². The first kappa shape index (κ1) is 23.0. The highest BCUT2D eigenvalue weighted by molar-refractivity contribution is 5.43. The summed E-state index contributed by atoms with van der Waals surface area (Å²) in [7, 11) is 1.68. The molecule has 2 fully saturated rings. The van der Waals surface area contributed by atoms with E-state index in [0.29, 0.717) is 19.1 Å². The van der Waals surface area contributed by atoms with Crippen LogP contribution in [0.3, 0.4) is 0 Å². The number of likely N-dealkylation sites (tertiary alicyclic amines) is 1. The van der Waals surface area contributed by atoms with E-state index < -0.39 is 0 Å². The standard InChI is InChI=1S/C25H36N4O3/c1-30-23-6-5-20(17-24(23)32-14-4-13-29-11-2-3-12-29)18-25-26-10-7-22(28-25)19-27-21-8-15-31-16-9-21/h5-7,10,17,21,27H,2-4,8-9,11-16,18-19H2,1H3. The maximum Gasteiger partial charge on any atom is 0.161 e. The van der Waals surface area contributed by atoms with Crippen molar-refractivity contribution in [3.05, 3.63) is 47.5 Å². The van der Waals surface area contributed by atoms with Crippen molar-refractivity contribution in [3.63, 3.8) is 0 Å². The lowest BCUT2D eigenvalue weighted by Gasteiger charge is -2.23. The minimum atomic E-state index is 0.508. The van der Waals surface area contributed by atoms with Crippen LogP contribution in [0.2, 0.25) is 0 Å². The van der Waals surface area contributed by atoms with Gasteiger partial charge in [0.2, 0.25) is 0 Å². The third-order valence-electron chi connectivity index (χ3n) is 6.22. The minimum Gasteiger partial charge on any atom is -0.493 e. The Bertz CT molecular complexity index is 836. The molecular formula is C25H36N4O3. The average molecular weight is 441 g/mol. The summed E-state index contributed by atoms with van der Waals surface area (Å²) in [4.78, 5) is 11.8. The summed E-state index contributed by atoms with van der Waals surface area (Å²) >= 11 is 0. The molecule has 0 aliphatic carbocycles. The fourth-order valence-corrected chi connectivity index (χ4v) is 4.38. The molecule has 0 saturated carbocycles. The van der Waals surface area contributed by atoms with Crippen LogP contribution in [0.25, 0.3) is 0 Å². The first-order valence-corrected chi connectivity index (χ1v) is 11.9. The molecule has 174 valence electrons. The molecular weight excluding hydrogens is 404 g/mol. The summed E-state index contributed by atoms with van der Waals surface area (Å²) in [5.41, 5.74) is 2.14. The summed E-state index contributed by atoms with van der Waals surface area (Å²) in [6.07, 6.45) is 8.31. The number of nitrogens with one attached hydrogen (secondary N) is 1. The number of methoxy groups -OCH3 is 1. The minimum absolute atomic E-state index is 0.508. The van der Waals surface area contributed by atoms with Crippen LogP contribution in [-0.4, -0.2) is 67.5 Å². The molecule has 0 spiro atoms. The van der Waals surface area contributed by atoms with E-state index in [-0.39, 0.29) is 0 Å². The van der Waals surface area contributed by atoms with E-state index >= 15 is 0 Å². The summed E-state index contributed by atoms with van der Waals surface area (Å²) in [6, 6.07) is 8.59. The van der Waals surface area contributed by atoms with Gasteiger partial charge in [0.1, 0.15) is 5.82 Å². The molecule has 4 rings (SSSR count). The molecule has 1 N–H and O–H groups in total. The molecule has 0 unspecified atom stereocenters. The smallest absolute Gasteiger partial charge is 0.161 e. The number of nitrogens with zero attached hydrogens (tertiary/aromatic N) is 3. The second-order valence-electron chi connectivity index (χ2n) is 8.64. The highest BCUT2D eigenvalue weighted by Gasteiger charge is 2.14. The van der Waals surface area contributed by atoms with Crippen LogP contribution in [0.5, 0.6) is 11.5 Å². The Balaban J connectivity index is 1.31. The fraction of sp³-hybridized carbons (Fsp3) is 0.600. The van der Waals surface area contributed by atoms with Gasteiger partial charge in [-0.05, 0) is 69.0 Å². The molecule has 0 radical (unpaired) electrons. The van der Waals surface area contributed by atoms with Crippen molar-refractivity contribution >= 4 is 0 Å². The lowest BCUT2D eigenvalue weighted by Crippen LogP contribution is -2.34. The van der Waals surface area contributed by atoms with Crippen molar-refractivity contribution in [2.24, 2.45) is 0 Å². The Labute approximate surface area is 191 Å². The number of ether oxygens (including phenoxy) is 3. The Kier molecular flexibility index (Phi) is 8.71. The molecule has 32 heavy (non-hydrogen) atoms. The first-order chi connectivity index (χ1) is 15.8. The normalized spacial score (nSPS) is 17.5. The van der Waals surface area contributed by atoms with Crippen LogP contribution in [-0.2, 0) is 17.7 Å². The van der Waals surface area contributed by atoms with Crippen molar-refractivity contribution in [1.29, 1.82) is 0 Å². The summed E-state index contributed by atoms with van der Waals surface area (Å²) in [5, 5.41) is 3.59. The van der Waals surface area contributed by atoms with Crippen LogP contribution in [0.15, 0.2) is 30.5 Å². The third-order valence-corrected chi connectivity index (χ3v) is 6.22. The van der Waals surface area contributed by atoms with E-state index in [1.165, 1.54) is 25.9 Å². The van der Waals surface area contributed by atoms with Gasteiger partial charge in [0.25, 0.3) is 0 Å². The van der Waals surface area contributed by atoms with E-state index in [0.717, 1.165) is 74.1 Å². The van der Waals surface area contributed by atoms with E-state index in [1.54, 1.807) is 7.11 Å². The number of aromatic nitrogens is 2.